The summed E-state index contributed by atoms with van der Waals surface area (Å²) in [7, 11) is 0. The van der Waals surface area contributed by atoms with Crippen LogP contribution in [0.1, 0.15) is 25.0 Å². The molecule has 0 fully saturated rings. The molecule has 104 valence electrons. The van der Waals surface area contributed by atoms with Gasteiger partial charge in [0.1, 0.15) is 12.4 Å². The Balaban J connectivity index is 2.71. The minimum absolute atomic E-state index is 0.0610. The zero-order valence-electron chi connectivity index (χ0n) is 10.6. The Morgan fingerprint density at radius 2 is 1.95 bits per heavy atom. The lowest BCUT2D eigenvalue weighted by molar-refractivity contribution is -0.137. The molecule has 0 bridgehead atoms. The van der Waals surface area contributed by atoms with E-state index < -0.39 is 17.3 Å². The van der Waals surface area contributed by atoms with Crippen molar-refractivity contribution in [1.29, 1.82) is 5.26 Å². The Labute approximate surface area is 109 Å². The number of hydrogen-bond donors (Lipinski definition) is 0. The van der Waals surface area contributed by atoms with Gasteiger partial charge in [-0.1, -0.05) is 0 Å². The van der Waals surface area contributed by atoms with E-state index in [1.54, 1.807) is 0 Å². The summed E-state index contributed by atoms with van der Waals surface area (Å²) in [6.07, 6.45) is -4.48. The first-order valence-electron chi connectivity index (χ1n) is 5.70. The Bertz CT molecular complexity index is 464. The van der Waals surface area contributed by atoms with Gasteiger partial charge in [-0.2, -0.15) is 18.4 Å². The van der Waals surface area contributed by atoms with E-state index >= 15 is 0 Å². The molecule has 0 aliphatic carbocycles. The van der Waals surface area contributed by atoms with Gasteiger partial charge < -0.3 is 9.47 Å². The summed E-state index contributed by atoms with van der Waals surface area (Å²) < 4.78 is 48.1. The van der Waals surface area contributed by atoms with Gasteiger partial charge in [-0.3, -0.25) is 0 Å². The van der Waals surface area contributed by atoms with E-state index in [2.05, 4.69) is 0 Å². The number of halogens is 3. The average Bonchev–Trinajstić information content (AvgIpc) is 2.32. The molecule has 1 rings (SSSR count). The summed E-state index contributed by atoms with van der Waals surface area (Å²) in [5.41, 5.74) is -1.41. The fraction of sp³-hybridized carbons (Fsp3) is 0.462. The van der Waals surface area contributed by atoms with Crippen LogP contribution in [0.3, 0.4) is 0 Å². The lowest BCUT2D eigenvalue weighted by atomic mass is 10.1. The largest absolute Gasteiger partial charge is 0.491 e. The van der Waals surface area contributed by atoms with Gasteiger partial charge in [0.25, 0.3) is 0 Å². The number of alkyl halides is 3. The number of hydrogen-bond acceptors (Lipinski definition) is 3. The zero-order chi connectivity index (χ0) is 14.5. The van der Waals surface area contributed by atoms with Crippen molar-refractivity contribution >= 4 is 0 Å². The smallest absolute Gasteiger partial charge is 0.417 e. The van der Waals surface area contributed by atoms with Crippen LogP contribution in [-0.2, 0) is 10.9 Å². The van der Waals surface area contributed by atoms with Crippen molar-refractivity contribution in [2.45, 2.75) is 26.1 Å². The second-order valence-electron chi connectivity index (χ2n) is 4.08. The molecule has 0 heterocycles. The summed E-state index contributed by atoms with van der Waals surface area (Å²) in [5, 5.41) is 8.72. The van der Waals surface area contributed by atoms with Crippen LogP contribution in [0, 0.1) is 11.3 Å². The van der Waals surface area contributed by atoms with Crippen LogP contribution in [0.25, 0.3) is 0 Å². The fourth-order valence-corrected chi connectivity index (χ4v) is 1.40. The summed E-state index contributed by atoms with van der Waals surface area (Å²) in [5.74, 6) is 0.219. The molecule has 0 saturated heterocycles. The highest BCUT2D eigenvalue weighted by molar-refractivity contribution is 5.44. The van der Waals surface area contributed by atoms with Gasteiger partial charge >= 0.3 is 6.18 Å². The SMILES string of the molecule is CC(C)OCCOc1ccc(C(F)(F)F)c(C#N)c1. The summed E-state index contributed by atoms with van der Waals surface area (Å²) in [4.78, 5) is 0. The third-order valence-electron chi connectivity index (χ3n) is 2.22. The normalized spacial score (nSPS) is 11.4. The van der Waals surface area contributed by atoms with E-state index in [4.69, 9.17) is 14.7 Å². The maximum atomic E-state index is 12.6. The van der Waals surface area contributed by atoms with E-state index in [1.807, 2.05) is 13.8 Å². The highest BCUT2D eigenvalue weighted by Gasteiger charge is 2.33. The molecule has 3 nitrogen and oxygen atoms in total. The maximum Gasteiger partial charge on any atom is 0.417 e. The predicted octanol–water partition coefficient (Wildman–Crippen LogP) is 3.38. The first-order chi connectivity index (χ1) is 8.84. The third-order valence-corrected chi connectivity index (χ3v) is 2.22. The van der Waals surface area contributed by atoms with Crippen LogP contribution >= 0.6 is 0 Å². The lowest BCUT2D eigenvalue weighted by Gasteiger charge is -2.12. The van der Waals surface area contributed by atoms with Crippen LogP contribution < -0.4 is 4.74 Å². The third kappa shape index (κ3) is 4.79. The van der Waals surface area contributed by atoms with Crippen molar-refractivity contribution in [2.75, 3.05) is 13.2 Å². The van der Waals surface area contributed by atoms with Crippen LogP contribution in [-0.4, -0.2) is 19.3 Å². The molecular weight excluding hydrogens is 259 g/mol. The van der Waals surface area contributed by atoms with Gasteiger partial charge in [0, 0.05) is 0 Å². The minimum atomic E-state index is -4.54. The predicted molar refractivity (Wildman–Crippen MR) is 62.7 cm³/mol. The highest BCUT2D eigenvalue weighted by Crippen LogP contribution is 2.33. The Morgan fingerprint density at radius 1 is 1.26 bits per heavy atom. The minimum Gasteiger partial charge on any atom is -0.491 e. The van der Waals surface area contributed by atoms with Gasteiger partial charge in [0.15, 0.2) is 0 Å². The number of nitriles is 1. The molecule has 0 spiro atoms. The second kappa shape index (κ2) is 6.43. The Morgan fingerprint density at radius 3 is 2.47 bits per heavy atom. The quantitative estimate of drug-likeness (QED) is 0.772. The molecule has 0 amide bonds. The van der Waals surface area contributed by atoms with Crippen molar-refractivity contribution < 1.29 is 22.6 Å². The van der Waals surface area contributed by atoms with E-state index in [0.717, 1.165) is 12.1 Å². The molecule has 0 aromatic heterocycles. The van der Waals surface area contributed by atoms with Crippen molar-refractivity contribution in [3.8, 4) is 11.8 Å². The van der Waals surface area contributed by atoms with E-state index in [0.29, 0.717) is 6.61 Å². The molecular formula is C13H14F3NO2. The molecule has 0 aliphatic rings. The molecule has 0 atom stereocenters. The Kier molecular flexibility index (Phi) is 5.19. The fourth-order valence-electron chi connectivity index (χ4n) is 1.40. The van der Waals surface area contributed by atoms with Gasteiger partial charge in [-0.15, -0.1) is 0 Å². The van der Waals surface area contributed by atoms with E-state index in [9.17, 15) is 13.2 Å². The molecule has 1 aromatic carbocycles. The van der Waals surface area contributed by atoms with Crippen LogP contribution in [0.2, 0.25) is 0 Å². The average molecular weight is 273 g/mol. The van der Waals surface area contributed by atoms with Crippen molar-refractivity contribution in [1.82, 2.24) is 0 Å². The molecule has 0 aliphatic heterocycles. The lowest BCUT2D eigenvalue weighted by Crippen LogP contribution is -2.12. The molecule has 1 aromatic rings. The molecule has 0 radical (unpaired) electrons. The van der Waals surface area contributed by atoms with Gasteiger partial charge in [-0.05, 0) is 32.0 Å². The first-order valence-corrected chi connectivity index (χ1v) is 5.70. The number of ether oxygens (including phenoxy) is 2. The summed E-state index contributed by atoms with van der Waals surface area (Å²) in [6, 6.07) is 4.64. The van der Waals surface area contributed by atoms with Crippen LogP contribution in [0.5, 0.6) is 5.75 Å². The van der Waals surface area contributed by atoms with Crippen LogP contribution in [0.15, 0.2) is 18.2 Å². The second-order valence-corrected chi connectivity index (χ2v) is 4.08. The van der Waals surface area contributed by atoms with Crippen molar-refractivity contribution in [3.05, 3.63) is 29.3 Å². The maximum absolute atomic E-state index is 12.6. The zero-order valence-corrected chi connectivity index (χ0v) is 10.6. The molecule has 6 heteroatoms. The number of benzene rings is 1. The van der Waals surface area contributed by atoms with Gasteiger partial charge in [-0.25, -0.2) is 0 Å². The molecule has 19 heavy (non-hydrogen) atoms. The van der Waals surface area contributed by atoms with Crippen LogP contribution in [0.4, 0.5) is 13.2 Å². The summed E-state index contributed by atoms with van der Waals surface area (Å²) >= 11 is 0. The highest BCUT2D eigenvalue weighted by atomic mass is 19.4. The summed E-state index contributed by atoms with van der Waals surface area (Å²) in [6.45, 7) is 4.28. The standard InChI is InChI=1S/C13H14F3NO2/c1-9(2)18-5-6-19-11-3-4-12(13(14,15)16)10(7-11)8-17/h3-4,7,9H,5-6H2,1-2H3. The molecule has 0 unspecified atom stereocenters. The monoisotopic (exact) mass is 273 g/mol. The Hall–Kier alpha value is -1.74. The first kappa shape index (κ1) is 15.3. The van der Waals surface area contributed by atoms with E-state index in [1.165, 1.54) is 12.1 Å². The van der Waals surface area contributed by atoms with Gasteiger partial charge in [0.2, 0.25) is 0 Å². The van der Waals surface area contributed by atoms with Gasteiger partial charge in [0.05, 0.1) is 29.9 Å². The number of rotatable bonds is 5. The number of nitrogens with zero attached hydrogens (tertiary/aromatic N) is 1. The van der Waals surface area contributed by atoms with Crippen molar-refractivity contribution in [3.63, 3.8) is 0 Å². The molecule has 0 saturated carbocycles. The van der Waals surface area contributed by atoms with Crippen molar-refractivity contribution in [2.24, 2.45) is 0 Å². The topological polar surface area (TPSA) is 42.2 Å². The molecule has 0 N–H and O–H groups in total. The van der Waals surface area contributed by atoms with E-state index in [-0.39, 0.29) is 18.5 Å².